The molecule has 0 saturated heterocycles. The minimum Gasteiger partial charge on any atom is -0.591 e. The van der Waals surface area contributed by atoms with Crippen molar-refractivity contribution >= 4 is 22.7 Å². The van der Waals surface area contributed by atoms with Crippen molar-refractivity contribution in [3.63, 3.8) is 0 Å². The normalized spacial score (nSPS) is 18.3. The number of hydrogen-bond acceptors (Lipinski definition) is 5. The van der Waals surface area contributed by atoms with Gasteiger partial charge in [0, 0.05) is 0 Å². The molecule has 0 aliphatic carbocycles. The van der Waals surface area contributed by atoms with Gasteiger partial charge >= 0.3 is 11.0 Å². The lowest BCUT2D eigenvalue weighted by Crippen LogP contribution is -2.53. The molecule has 0 fully saturated rings. The lowest BCUT2D eigenvalue weighted by molar-refractivity contribution is -0.0454. The second-order valence-electron chi connectivity index (χ2n) is 2.23. The van der Waals surface area contributed by atoms with E-state index < -0.39 is 39.9 Å². The van der Waals surface area contributed by atoms with Crippen LogP contribution < -0.4 is 9.44 Å². The Labute approximate surface area is 96.8 Å². The highest BCUT2D eigenvalue weighted by molar-refractivity contribution is 7.91. The quantitative estimate of drug-likeness (QED) is 0.445. The Morgan fingerprint density at radius 1 is 0.941 bits per heavy atom. The zero-order valence-electron chi connectivity index (χ0n) is 7.43. The van der Waals surface area contributed by atoms with E-state index in [0.717, 1.165) is 15.5 Å². The summed E-state index contributed by atoms with van der Waals surface area (Å²) < 4.78 is 93.0. The van der Waals surface area contributed by atoms with Crippen molar-refractivity contribution in [3.8, 4) is 6.07 Å². The van der Waals surface area contributed by atoms with Crippen LogP contribution in [0.5, 0.6) is 0 Å². The molecule has 2 N–H and O–H groups in total. The Bertz CT molecular complexity index is 268. The SMILES string of the molecule is N#CC(N[S+]([O-])C(F)(F)F)N[S+]([O-])C(F)(F)F. The van der Waals surface area contributed by atoms with Gasteiger partial charge in [-0.1, -0.05) is 9.44 Å². The Morgan fingerprint density at radius 3 is 1.41 bits per heavy atom. The molecule has 0 heterocycles. The van der Waals surface area contributed by atoms with E-state index in [0.29, 0.717) is 0 Å². The monoisotopic (exact) mass is 303 g/mol. The molecular weight excluding hydrogens is 300 g/mol. The third-order valence-electron chi connectivity index (χ3n) is 0.999. The average Bonchev–Trinajstić information content (AvgIpc) is 2.13. The van der Waals surface area contributed by atoms with Crippen LogP contribution in [0.3, 0.4) is 0 Å². The molecular formula is C4H3F6N3O2S2. The van der Waals surface area contributed by atoms with Crippen LogP contribution in [0.2, 0.25) is 0 Å². The van der Waals surface area contributed by atoms with Crippen LogP contribution in [0.4, 0.5) is 26.3 Å². The van der Waals surface area contributed by atoms with E-state index in [2.05, 4.69) is 0 Å². The standard InChI is InChI=1S/C4H3F6N3O2S2/c5-3(6,7)16(14)12-2(1-11)13-17(15)4(8,9)10/h2,12-13H. The minimum absolute atomic E-state index is 0.900. The van der Waals surface area contributed by atoms with E-state index in [-0.39, 0.29) is 0 Å². The van der Waals surface area contributed by atoms with E-state index in [4.69, 9.17) is 5.26 Å². The van der Waals surface area contributed by atoms with Crippen LogP contribution in [0.25, 0.3) is 0 Å². The summed E-state index contributed by atoms with van der Waals surface area (Å²) in [6, 6.07) is 0.900. The van der Waals surface area contributed by atoms with Crippen LogP contribution in [0.15, 0.2) is 0 Å². The minimum atomic E-state index is -5.25. The van der Waals surface area contributed by atoms with E-state index >= 15 is 0 Å². The number of nitrogens with one attached hydrogen (secondary N) is 2. The van der Waals surface area contributed by atoms with Gasteiger partial charge in [-0.15, -0.1) is 26.3 Å². The first-order valence-corrected chi connectivity index (χ1v) is 5.67. The first kappa shape index (κ1) is 16.6. The fourth-order valence-electron chi connectivity index (χ4n) is 0.424. The molecule has 13 heteroatoms. The molecule has 100 valence electrons. The maximum Gasteiger partial charge on any atom is 0.592 e. The van der Waals surface area contributed by atoms with E-state index in [1.54, 1.807) is 0 Å². The molecule has 17 heavy (non-hydrogen) atoms. The van der Waals surface area contributed by atoms with Gasteiger partial charge in [0.05, 0.1) is 0 Å². The zero-order chi connectivity index (χ0) is 13.9. The smallest absolute Gasteiger partial charge is 0.591 e. The summed E-state index contributed by atoms with van der Waals surface area (Å²) in [5.41, 5.74) is -10.5. The summed E-state index contributed by atoms with van der Waals surface area (Å²) >= 11 is -7.49. The molecule has 0 amide bonds. The molecule has 0 aliphatic heterocycles. The third-order valence-corrected chi connectivity index (χ3v) is 2.74. The van der Waals surface area contributed by atoms with Crippen molar-refractivity contribution < 1.29 is 35.4 Å². The van der Waals surface area contributed by atoms with Crippen molar-refractivity contribution in [1.82, 2.24) is 9.44 Å². The molecule has 0 aromatic rings. The van der Waals surface area contributed by atoms with Gasteiger partial charge in [0.2, 0.25) is 6.17 Å². The van der Waals surface area contributed by atoms with Crippen LogP contribution in [-0.2, 0) is 22.7 Å². The Hall–Kier alpha value is -0.390. The molecule has 0 aromatic heterocycles. The number of hydrogen-bond donors (Lipinski definition) is 2. The van der Waals surface area contributed by atoms with Crippen LogP contribution in [0.1, 0.15) is 0 Å². The lowest BCUT2D eigenvalue weighted by atomic mass is 10.6. The van der Waals surface area contributed by atoms with E-state index in [1.165, 1.54) is 0 Å². The molecule has 0 saturated carbocycles. The van der Waals surface area contributed by atoms with Crippen molar-refractivity contribution in [3.05, 3.63) is 0 Å². The molecule has 0 radical (unpaired) electrons. The highest BCUT2D eigenvalue weighted by atomic mass is 32.2. The summed E-state index contributed by atoms with van der Waals surface area (Å²) in [6.45, 7) is 0. The first-order valence-electron chi connectivity index (χ1n) is 3.37. The molecule has 0 spiro atoms. The largest absolute Gasteiger partial charge is 0.592 e. The summed E-state index contributed by atoms with van der Waals surface area (Å²) in [4.78, 5) is 0. The van der Waals surface area contributed by atoms with Crippen molar-refractivity contribution in [2.24, 2.45) is 0 Å². The fraction of sp³-hybridized carbons (Fsp3) is 0.750. The van der Waals surface area contributed by atoms with Crippen LogP contribution in [-0.4, -0.2) is 26.3 Å². The van der Waals surface area contributed by atoms with E-state index in [1.807, 2.05) is 0 Å². The summed E-state index contributed by atoms with van der Waals surface area (Å²) in [5.74, 6) is 0. The van der Waals surface area contributed by atoms with Crippen LogP contribution in [0, 0.1) is 11.3 Å². The second kappa shape index (κ2) is 5.98. The Morgan fingerprint density at radius 2 is 1.24 bits per heavy atom. The average molecular weight is 303 g/mol. The number of rotatable bonds is 4. The van der Waals surface area contributed by atoms with Gasteiger partial charge in [-0.25, -0.2) is 0 Å². The third kappa shape index (κ3) is 6.19. The zero-order valence-corrected chi connectivity index (χ0v) is 9.06. The maximum atomic E-state index is 11.7. The number of halogens is 6. The Balaban J connectivity index is 4.43. The highest BCUT2D eigenvalue weighted by Gasteiger charge is 2.50. The fourth-order valence-corrected chi connectivity index (χ4v) is 1.42. The molecule has 0 aromatic carbocycles. The molecule has 0 aliphatic rings. The first-order chi connectivity index (χ1) is 7.48. The predicted octanol–water partition coefficient (Wildman–Crippen LogP) is 0.382. The lowest BCUT2D eigenvalue weighted by Gasteiger charge is -2.18. The van der Waals surface area contributed by atoms with E-state index in [9.17, 15) is 35.4 Å². The van der Waals surface area contributed by atoms with Crippen molar-refractivity contribution in [2.45, 2.75) is 17.2 Å². The number of nitrogens with zero attached hydrogens (tertiary/aromatic N) is 1. The van der Waals surface area contributed by atoms with Crippen molar-refractivity contribution in [1.29, 1.82) is 5.26 Å². The molecule has 2 atom stereocenters. The van der Waals surface area contributed by atoms with Gasteiger partial charge in [-0.3, -0.25) is 0 Å². The second-order valence-corrected chi connectivity index (χ2v) is 4.70. The van der Waals surface area contributed by atoms with Crippen molar-refractivity contribution in [2.75, 3.05) is 0 Å². The van der Waals surface area contributed by atoms with Gasteiger partial charge in [-0.2, -0.15) is 5.26 Å². The van der Waals surface area contributed by atoms with Gasteiger partial charge in [0.15, 0.2) is 22.7 Å². The maximum absolute atomic E-state index is 11.7. The molecule has 2 unspecified atom stereocenters. The van der Waals surface area contributed by atoms with Gasteiger partial charge in [-0.05, 0) is 0 Å². The van der Waals surface area contributed by atoms with Gasteiger partial charge in [0.1, 0.15) is 6.07 Å². The molecule has 0 bridgehead atoms. The molecule has 5 nitrogen and oxygen atoms in total. The summed E-state index contributed by atoms with van der Waals surface area (Å²) in [6.07, 6.45) is -2.33. The van der Waals surface area contributed by atoms with Gasteiger partial charge in [0.25, 0.3) is 0 Å². The van der Waals surface area contributed by atoms with Gasteiger partial charge < -0.3 is 9.11 Å². The summed E-state index contributed by atoms with van der Waals surface area (Å²) in [5, 5.41) is 8.18. The van der Waals surface area contributed by atoms with Crippen LogP contribution >= 0.6 is 0 Å². The highest BCUT2D eigenvalue weighted by Crippen LogP contribution is 2.23. The predicted molar refractivity (Wildman–Crippen MR) is 44.1 cm³/mol. The topological polar surface area (TPSA) is 94.0 Å². The molecule has 0 rings (SSSR count). The number of nitriles is 1. The summed E-state index contributed by atoms with van der Waals surface area (Å²) in [7, 11) is 0. The number of alkyl halides is 6. The Kier molecular flexibility index (Phi) is 5.84.